The van der Waals surface area contributed by atoms with E-state index in [9.17, 15) is 4.39 Å². The highest BCUT2D eigenvalue weighted by atomic mass is 19.1. The number of rotatable bonds is 3. The van der Waals surface area contributed by atoms with Crippen molar-refractivity contribution >= 4 is 5.57 Å². The van der Waals surface area contributed by atoms with Gasteiger partial charge < -0.3 is 4.57 Å². The number of nitrogens with zero attached hydrogens (tertiary/aromatic N) is 3. The van der Waals surface area contributed by atoms with Gasteiger partial charge >= 0.3 is 0 Å². The lowest BCUT2D eigenvalue weighted by Crippen LogP contribution is -2.32. The molecule has 0 amide bonds. The smallest absolute Gasteiger partial charge is 0.123 e. The molecule has 0 N–H and O–H groups in total. The van der Waals surface area contributed by atoms with Crippen molar-refractivity contribution in [3.8, 4) is 22.4 Å². The number of hydrogen-bond acceptors (Lipinski definition) is 2. The average molecular weight is 373 g/mol. The fourth-order valence-corrected chi connectivity index (χ4v) is 4.76. The molecule has 1 aromatic carbocycles. The Bertz CT molecular complexity index is 1020. The Hall–Kier alpha value is -2.72. The topological polar surface area (TPSA) is 21.1 Å². The molecule has 1 unspecified atom stereocenters. The molecule has 4 heterocycles. The second-order valence-electron chi connectivity index (χ2n) is 7.81. The van der Waals surface area contributed by atoms with Crippen molar-refractivity contribution in [2.75, 3.05) is 13.1 Å². The molecule has 0 radical (unpaired) electrons. The van der Waals surface area contributed by atoms with Crippen LogP contribution in [0.4, 0.5) is 4.39 Å². The lowest BCUT2D eigenvalue weighted by Gasteiger charge is -2.28. The van der Waals surface area contributed by atoms with Gasteiger partial charge in [-0.3, -0.25) is 9.88 Å². The van der Waals surface area contributed by atoms with Crippen LogP contribution in [0.1, 0.15) is 24.8 Å². The van der Waals surface area contributed by atoms with Gasteiger partial charge in [-0.1, -0.05) is 6.08 Å². The molecule has 2 aliphatic heterocycles. The van der Waals surface area contributed by atoms with E-state index in [2.05, 4.69) is 45.9 Å². The van der Waals surface area contributed by atoms with E-state index in [4.69, 9.17) is 0 Å². The minimum atomic E-state index is -0.208. The molecule has 1 fully saturated rings. The third kappa shape index (κ3) is 2.98. The normalized spacial score (nSPS) is 19.5. The van der Waals surface area contributed by atoms with Gasteiger partial charge in [0.15, 0.2) is 0 Å². The number of benzene rings is 1. The first-order chi connectivity index (χ1) is 13.7. The number of pyridine rings is 1. The first-order valence-electron chi connectivity index (χ1n) is 10.0. The fraction of sp³-hybridized carbons (Fsp3) is 0.292. The Labute approximate surface area is 165 Å². The first kappa shape index (κ1) is 17.4. The highest BCUT2D eigenvalue weighted by Crippen LogP contribution is 2.42. The van der Waals surface area contributed by atoms with Crippen molar-refractivity contribution in [2.45, 2.75) is 25.3 Å². The van der Waals surface area contributed by atoms with Crippen molar-refractivity contribution < 1.29 is 4.39 Å². The van der Waals surface area contributed by atoms with Crippen LogP contribution in [-0.4, -0.2) is 33.6 Å². The number of halogens is 1. The highest BCUT2D eigenvalue weighted by molar-refractivity contribution is 5.92. The largest absolute Gasteiger partial charge is 0.349 e. The predicted molar refractivity (Wildman–Crippen MR) is 111 cm³/mol. The van der Waals surface area contributed by atoms with Crippen LogP contribution in [0.25, 0.3) is 28.0 Å². The summed E-state index contributed by atoms with van der Waals surface area (Å²) in [5.41, 5.74) is 7.24. The van der Waals surface area contributed by atoms with Crippen LogP contribution >= 0.6 is 0 Å². The second-order valence-corrected chi connectivity index (χ2v) is 7.81. The van der Waals surface area contributed by atoms with Crippen LogP contribution in [0.2, 0.25) is 0 Å². The molecule has 0 saturated carbocycles. The third-order valence-electron chi connectivity index (χ3n) is 6.09. The van der Waals surface area contributed by atoms with E-state index in [0.29, 0.717) is 6.04 Å². The molecular formula is C24H24FN3. The van der Waals surface area contributed by atoms with Gasteiger partial charge in [0.1, 0.15) is 5.82 Å². The number of aromatic nitrogens is 2. The molecule has 0 bridgehead atoms. The standard InChI is InChI=1S/C24H24FN3/c1-27-16-22(19-10-14-28-13-2-3-21(28)15-19)23(17-8-11-26-12-9-17)24(27)18-4-6-20(25)7-5-18/h4-9,11-12,15-16,21H,2-3,10,13-14H2,1H3. The zero-order chi connectivity index (χ0) is 19.1. The molecule has 5 rings (SSSR count). The molecule has 28 heavy (non-hydrogen) atoms. The van der Waals surface area contributed by atoms with Crippen molar-refractivity contribution in [2.24, 2.45) is 7.05 Å². The predicted octanol–water partition coefficient (Wildman–Crippen LogP) is 5.14. The average Bonchev–Trinajstić information content (AvgIpc) is 3.33. The van der Waals surface area contributed by atoms with Gasteiger partial charge in [0.05, 0.1) is 5.69 Å². The van der Waals surface area contributed by atoms with Gasteiger partial charge in [0.2, 0.25) is 0 Å². The minimum Gasteiger partial charge on any atom is -0.349 e. The number of fused-ring (bicyclic) bond motifs is 1. The maximum Gasteiger partial charge on any atom is 0.123 e. The lowest BCUT2D eigenvalue weighted by molar-refractivity contribution is 0.288. The SMILES string of the molecule is Cn1cc(C2=CC3CCCN3CC2)c(-c2ccncc2)c1-c1ccc(F)cc1. The monoisotopic (exact) mass is 373 g/mol. The molecule has 0 aliphatic carbocycles. The first-order valence-corrected chi connectivity index (χ1v) is 10.0. The van der Waals surface area contributed by atoms with Crippen LogP contribution < -0.4 is 0 Å². The van der Waals surface area contributed by atoms with Crippen molar-refractivity contribution in [1.29, 1.82) is 0 Å². The van der Waals surface area contributed by atoms with Crippen LogP contribution in [-0.2, 0) is 7.05 Å². The second kappa shape index (κ2) is 7.02. The van der Waals surface area contributed by atoms with Crippen LogP contribution in [0.15, 0.2) is 61.1 Å². The minimum absolute atomic E-state index is 0.208. The molecular weight excluding hydrogens is 349 g/mol. The van der Waals surface area contributed by atoms with Gasteiger partial charge in [-0.2, -0.15) is 0 Å². The van der Waals surface area contributed by atoms with E-state index >= 15 is 0 Å². The Morgan fingerprint density at radius 1 is 1.00 bits per heavy atom. The maximum absolute atomic E-state index is 13.5. The van der Waals surface area contributed by atoms with Crippen LogP contribution in [0.3, 0.4) is 0 Å². The van der Waals surface area contributed by atoms with Crippen LogP contribution in [0.5, 0.6) is 0 Å². The van der Waals surface area contributed by atoms with E-state index in [1.54, 1.807) is 0 Å². The van der Waals surface area contributed by atoms with E-state index < -0.39 is 0 Å². The molecule has 1 saturated heterocycles. The molecule has 1 atom stereocenters. The third-order valence-corrected chi connectivity index (χ3v) is 6.09. The fourth-order valence-electron chi connectivity index (χ4n) is 4.76. The van der Waals surface area contributed by atoms with Crippen molar-refractivity contribution in [1.82, 2.24) is 14.5 Å². The summed E-state index contributed by atoms with van der Waals surface area (Å²) in [7, 11) is 2.08. The van der Waals surface area contributed by atoms with E-state index in [0.717, 1.165) is 29.8 Å². The van der Waals surface area contributed by atoms with Gasteiger partial charge in [0, 0.05) is 49.4 Å². The van der Waals surface area contributed by atoms with E-state index in [1.807, 2.05) is 24.5 Å². The summed E-state index contributed by atoms with van der Waals surface area (Å²) in [6.07, 6.45) is 12.0. The van der Waals surface area contributed by atoms with Gasteiger partial charge in [0.25, 0.3) is 0 Å². The van der Waals surface area contributed by atoms with Crippen molar-refractivity contribution in [3.05, 3.63) is 72.4 Å². The molecule has 3 aromatic rings. The molecule has 2 aromatic heterocycles. The van der Waals surface area contributed by atoms with Crippen molar-refractivity contribution in [3.63, 3.8) is 0 Å². The molecule has 0 spiro atoms. The quantitative estimate of drug-likeness (QED) is 0.633. The van der Waals surface area contributed by atoms with Gasteiger partial charge in [-0.05, 0) is 78.9 Å². The number of aryl methyl sites for hydroxylation is 1. The number of hydrogen-bond donors (Lipinski definition) is 0. The summed E-state index contributed by atoms with van der Waals surface area (Å²) in [6, 6.07) is 11.5. The lowest BCUT2D eigenvalue weighted by atomic mass is 9.90. The molecule has 3 nitrogen and oxygen atoms in total. The van der Waals surface area contributed by atoms with Gasteiger partial charge in [-0.25, -0.2) is 4.39 Å². The Kier molecular flexibility index (Phi) is 4.36. The highest BCUT2D eigenvalue weighted by Gasteiger charge is 2.29. The summed E-state index contributed by atoms with van der Waals surface area (Å²) < 4.78 is 15.7. The zero-order valence-corrected chi connectivity index (χ0v) is 16.1. The zero-order valence-electron chi connectivity index (χ0n) is 16.1. The van der Waals surface area contributed by atoms with E-state index in [-0.39, 0.29) is 5.82 Å². The van der Waals surface area contributed by atoms with Crippen LogP contribution in [0, 0.1) is 5.82 Å². The molecule has 142 valence electrons. The van der Waals surface area contributed by atoms with E-state index in [1.165, 1.54) is 48.2 Å². The molecule has 2 aliphatic rings. The Morgan fingerprint density at radius 3 is 2.57 bits per heavy atom. The summed E-state index contributed by atoms with van der Waals surface area (Å²) in [6.45, 7) is 2.36. The summed E-state index contributed by atoms with van der Waals surface area (Å²) >= 11 is 0. The molecule has 4 heteroatoms. The summed E-state index contributed by atoms with van der Waals surface area (Å²) in [4.78, 5) is 6.80. The Morgan fingerprint density at radius 2 is 1.79 bits per heavy atom. The summed E-state index contributed by atoms with van der Waals surface area (Å²) in [5, 5.41) is 0. The maximum atomic E-state index is 13.5. The Balaban J connectivity index is 1.70. The van der Waals surface area contributed by atoms with Gasteiger partial charge in [-0.15, -0.1) is 0 Å². The summed E-state index contributed by atoms with van der Waals surface area (Å²) in [5.74, 6) is -0.208.